The van der Waals surface area contributed by atoms with Gasteiger partial charge < -0.3 is 19.7 Å². The normalized spacial score (nSPS) is 40.5. The summed E-state index contributed by atoms with van der Waals surface area (Å²) in [6.45, 7) is 4.44. The number of fused-ring (bicyclic) bond motifs is 11. The summed E-state index contributed by atoms with van der Waals surface area (Å²) in [6.07, 6.45) is 1.84. The maximum atomic E-state index is 14.1. The van der Waals surface area contributed by atoms with Gasteiger partial charge in [0.05, 0.1) is 5.92 Å². The molecule has 2 aromatic heterocycles. The van der Waals surface area contributed by atoms with Gasteiger partial charge in [0.1, 0.15) is 16.4 Å². The third-order valence-corrected chi connectivity index (χ3v) is 13.2. The Morgan fingerprint density at radius 1 is 1.06 bits per heavy atom. The lowest BCUT2D eigenvalue weighted by Crippen LogP contribution is -2.50. The van der Waals surface area contributed by atoms with Gasteiger partial charge in [-0.15, -0.1) is 34.4 Å². The molecule has 3 fully saturated rings. The van der Waals surface area contributed by atoms with E-state index in [-0.39, 0.29) is 57.4 Å². The Bertz CT molecular complexity index is 1250. The summed E-state index contributed by atoms with van der Waals surface area (Å²) in [5.74, 6) is 1.29. The fourth-order valence-corrected chi connectivity index (χ4v) is 12.7. The zero-order chi connectivity index (χ0) is 24.3. The van der Waals surface area contributed by atoms with Crippen molar-refractivity contribution in [3.63, 3.8) is 0 Å². The summed E-state index contributed by atoms with van der Waals surface area (Å²) in [5.41, 5.74) is 0.428. The number of nitrogens with zero attached hydrogens (tertiary/aromatic N) is 1. The fraction of sp³-hybridized carbons (Fsp3) is 0.609. The first-order valence-electron chi connectivity index (χ1n) is 12.2. The number of carbonyl (C=O) groups excluding carboxylic acids is 2. The molecule has 12 heteroatoms. The number of thiazole rings is 1. The molecule has 7 rings (SSSR count). The zero-order valence-electron chi connectivity index (χ0n) is 19.2. The molecule has 3 N–H and O–H groups in total. The van der Waals surface area contributed by atoms with Gasteiger partial charge in [0.15, 0.2) is 10.8 Å². The Labute approximate surface area is 216 Å². The van der Waals surface area contributed by atoms with Crippen molar-refractivity contribution in [2.75, 3.05) is 0 Å². The van der Waals surface area contributed by atoms with Crippen LogP contribution in [0.25, 0.3) is 0 Å². The lowest BCUT2D eigenvalue weighted by molar-refractivity contribution is -0.129. The number of hydrogen-bond acceptors (Lipinski definition) is 10. The van der Waals surface area contributed by atoms with Gasteiger partial charge in [0.2, 0.25) is 0 Å². The molecule has 181 valence electrons. The van der Waals surface area contributed by atoms with Crippen LogP contribution < -0.4 is 9.56 Å². The highest BCUT2D eigenvalue weighted by Crippen LogP contribution is 2.68. The molecule has 10 unspecified atom stereocenters. The van der Waals surface area contributed by atoms with Gasteiger partial charge in [-0.1, -0.05) is 13.8 Å². The highest BCUT2D eigenvalue weighted by molar-refractivity contribution is 8.00. The van der Waals surface area contributed by atoms with Crippen LogP contribution >= 0.6 is 34.4 Å². The lowest BCUT2D eigenvalue weighted by atomic mass is 9.52. The minimum absolute atomic E-state index is 0.0305. The van der Waals surface area contributed by atoms with Crippen molar-refractivity contribution < 1.29 is 29.3 Å². The molecular formula is C23H24B2NO6S3. The predicted molar refractivity (Wildman–Crippen MR) is 134 cm³/mol. The first-order chi connectivity index (χ1) is 16.8. The van der Waals surface area contributed by atoms with E-state index in [0.717, 1.165) is 27.5 Å². The van der Waals surface area contributed by atoms with Gasteiger partial charge >= 0.3 is 14.8 Å². The van der Waals surface area contributed by atoms with E-state index >= 15 is 0 Å². The van der Waals surface area contributed by atoms with Crippen LogP contribution in [0.5, 0.6) is 5.06 Å². The Kier molecular flexibility index (Phi) is 5.20. The van der Waals surface area contributed by atoms with E-state index in [0.29, 0.717) is 36.1 Å². The van der Waals surface area contributed by atoms with Crippen molar-refractivity contribution in [3.8, 4) is 5.06 Å². The van der Waals surface area contributed by atoms with Gasteiger partial charge in [-0.3, -0.25) is 9.59 Å². The lowest BCUT2D eigenvalue weighted by Gasteiger charge is -2.52. The SMILES string of the molecule is CC1CC2C(CC(C)C3C4Sc5cc(O[B]O)sc5C4C(=O)C23)C2C(=O)c3nc(B(O)O)sc3C12. The molecule has 0 aromatic carbocycles. The monoisotopic (exact) mass is 528 g/mol. The van der Waals surface area contributed by atoms with E-state index in [1.165, 1.54) is 22.7 Å². The maximum Gasteiger partial charge on any atom is 0.569 e. The first-order valence-corrected chi connectivity index (χ1v) is 14.7. The van der Waals surface area contributed by atoms with Gasteiger partial charge in [0.25, 0.3) is 0 Å². The van der Waals surface area contributed by atoms with Crippen LogP contribution in [0.2, 0.25) is 0 Å². The largest absolute Gasteiger partial charge is 0.569 e. The number of rotatable bonds is 3. The molecule has 3 saturated carbocycles. The van der Waals surface area contributed by atoms with Crippen molar-refractivity contribution in [3.05, 3.63) is 21.5 Å². The Hall–Kier alpha value is -1.17. The molecule has 1 aliphatic heterocycles. The second kappa shape index (κ2) is 7.91. The van der Waals surface area contributed by atoms with Crippen LogP contribution in [-0.4, -0.2) is 51.7 Å². The second-order valence-electron chi connectivity index (χ2n) is 10.9. The smallest absolute Gasteiger partial charge is 0.530 e. The summed E-state index contributed by atoms with van der Waals surface area (Å²) >= 11 is 4.51. The standard InChI is InChI=1S/C23H24B2NO6S3/c1-6-3-9-8(4-7(2)13-15(9)19(28)17-22(13)35-23(26-17)25(30)31)14-12(6)21-16(18(14)27)20-10(33-21)5-11(34-20)32-24-29/h5-9,12-16,21,29-31H,3-4H2,1-2H3. The quantitative estimate of drug-likeness (QED) is 0.519. The summed E-state index contributed by atoms with van der Waals surface area (Å²) < 4.78 is 5.18. The minimum Gasteiger partial charge on any atom is -0.530 e. The molecule has 7 nitrogen and oxygen atoms in total. The summed E-state index contributed by atoms with van der Waals surface area (Å²) in [5, 5.41) is 29.1. The molecule has 0 bridgehead atoms. The van der Waals surface area contributed by atoms with Crippen LogP contribution in [0.3, 0.4) is 0 Å². The third-order valence-electron chi connectivity index (χ3n) is 9.32. The van der Waals surface area contributed by atoms with Crippen LogP contribution in [0.4, 0.5) is 0 Å². The molecule has 0 spiro atoms. The number of aromatic nitrogens is 1. The number of thioether (sulfide) groups is 1. The number of hydrogen-bond donors (Lipinski definition) is 3. The van der Waals surface area contributed by atoms with Crippen molar-refractivity contribution in [2.24, 2.45) is 41.4 Å². The molecule has 3 heterocycles. The van der Waals surface area contributed by atoms with Crippen molar-refractivity contribution >= 4 is 65.7 Å². The molecule has 0 amide bonds. The molecule has 5 aliphatic rings. The number of ketones is 2. The van der Waals surface area contributed by atoms with E-state index in [4.69, 9.17) is 9.68 Å². The maximum absolute atomic E-state index is 14.1. The van der Waals surface area contributed by atoms with E-state index in [2.05, 4.69) is 18.8 Å². The van der Waals surface area contributed by atoms with Crippen LogP contribution in [0.1, 0.15) is 58.8 Å². The van der Waals surface area contributed by atoms with Gasteiger partial charge in [-0.05, 0) is 42.4 Å². The van der Waals surface area contributed by atoms with E-state index < -0.39 is 7.12 Å². The second-order valence-corrected chi connectivity index (χ2v) is 14.2. The highest BCUT2D eigenvalue weighted by Gasteiger charge is 2.65. The molecule has 35 heavy (non-hydrogen) atoms. The predicted octanol–water partition coefficient (Wildman–Crippen LogP) is 2.07. The number of carbonyl (C=O) groups is 2. The minimum atomic E-state index is -1.66. The average Bonchev–Trinajstić information content (AvgIpc) is 3.57. The van der Waals surface area contributed by atoms with E-state index in [1.54, 1.807) is 11.8 Å². The van der Waals surface area contributed by atoms with E-state index in [1.807, 2.05) is 6.07 Å². The third kappa shape index (κ3) is 3.01. The Balaban J connectivity index is 1.23. The highest BCUT2D eigenvalue weighted by atomic mass is 32.2. The van der Waals surface area contributed by atoms with Gasteiger partial charge in [-0.25, -0.2) is 4.98 Å². The number of thiophene rings is 1. The van der Waals surface area contributed by atoms with Crippen molar-refractivity contribution in [1.29, 1.82) is 0 Å². The summed E-state index contributed by atoms with van der Waals surface area (Å²) in [6, 6.07) is 1.93. The van der Waals surface area contributed by atoms with Crippen molar-refractivity contribution in [2.45, 2.75) is 48.7 Å². The molecular weight excluding hydrogens is 504 g/mol. The molecule has 4 aliphatic carbocycles. The van der Waals surface area contributed by atoms with Crippen molar-refractivity contribution in [1.82, 2.24) is 4.98 Å². The molecule has 1 radical (unpaired) electrons. The topological polar surface area (TPSA) is 117 Å². The van der Waals surface area contributed by atoms with Crippen LogP contribution in [-0.2, 0) is 4.79 Å². The van der Waals surface area contributed by atoms with Gasteiger partial charge in [0, 0.05) is 43.7 Å². The first kappa shape index (κ1) is 23.0. The van der Waals surface area contributed by atoms with E-state index in [9.17, 15) is 19.6 Å². The Morgan fingerprint density at radius 3 is 2.54 bits per heavy atom. The van der Waals surface area contributed by atoms with Crippen LogP contribution in [0, 0.1) is 41.4 Å². The zero-order valence-corrected chi connectivity index (χ0v) is 21.6. The molecule has 2 aromatic rings. The van der Waals surface area contributed by atoms with Crippen LogP contribution in [0.15, 0.2) is 11.0 Å². The summed E-state index contributed by atoms with van der Waals surface area (Å²) in [4.78, 5) is 35.3. The molecule has 0 saturated heterocycles. The summed E-state index contributed by atoms with van der Waals surface area (Å²) in [7, 11) is -0.974. The Morgan fingerprint density at radius 2 is 1.80 bits per heavy atom. The number of Topliss-reactive ketones (excluding diaryl/α,β-unsaturated/α-hetero) is 2. The fourth-order valence-electron chi connectivity index (χ4n) is 8.27. The van der Waals surface area contributed by atoms with Gasteiger partial charge in [-0.2, -0.15) is 0 Å². The molecule has 10 atom stereocenters. The average molecular weight is 528 g/mol.